The lowest BCUT2D eigenvalue weighted by molar-refractivity contribution is 1.66. The van der Waals surface area contributed by atoms with E-state index in [1.165, 1.54) is 32.8 Å². The van der Waals surface area contributed by atoms with Crippen LogP contribution in [-0.2, 0) is 0 Å². The highest BCUT2D eigenvalue weighted by Crippen LogP contribution is 2.27. The predicted molar refractivity (Wildman–Crippen MR) is 73.5 cm³/mol. The standard InChI is InChI=1S/C15H13B/c1-3-12-10(2)16-15-13-7-5-4-6-11(13)8-9-14(12)15/h3-9,16H,1H2,2H3. The Hall–Kier alpha value is -1.76. The molecule has 1 aliphatic rings. The monoisotopic (exact) mass is 204 g/mol. The molecule has 0 nitrogen and oxygen atoms in total. The smallest absolute Gasteiger partial charge is 0.0985 e. The van der Waals surface area contributed by atoms with Gasteiger partial charge in [-0.2, -0.15) is 0 Å². The van der Waals surface area contributed by atoms with E-state index in [0.717, 1.165) is 7.28 Å². The van der Waals surface area contributed by atoms with E-state index in [1.807, 2.05) is 6.08 Å². The first-order chi connectivity index (χ1) is 7.81. The zero-order chi connectivity index (χ0) is 11.1. The summed E-state index contributed by atoms with van der Waals surface area (Å²) in [4.78, 5) is 0. The maximum absolute atomic E-state index is 3.91. The highest BCUT2D eigenvalue weighted by Gasteiger charge is 2.19. The molecule has 3 rings (SSSR count). The van der Waals surface area contributed by atoms with Crippen LogP contribution < -0.4 is 5.46 Å². The van der Waals surface area contributed by atoms with Crippen molar-refractivity contribution in [2.24, 2.45) is 0 Å². The molecule has 1 heterocycles. The molecule has 0 unspecified atom stereocenters. The zero-order valence-corrected chi connectivity index (χ0v) is 9.46. The van der Waals surface area contributed by atoms with Crippen molar-refractivity contribution >= 4 is 29.1 Å². The van der Waals surface area contributed by atoms with Gasteiger partial charge in [0.15, 0.2) is 7.28 Å². The fourth-order valence-electron chi connectivity index (χ4n) is 2.65. The van der Waals surface area contributed by atoms with E-state index < -0.39 is 0 Å². The van der Waals surface area contributed by atoms with Crippen molar-refractivity contribution in [2.75, 3.05) is 0 Å². The van der Waals surface area contributed by atoms with Gasteiger partial charge >= 0.3 is 0 Å². The number of allylic oxidation sites excluding steroid dienone is 3. The number of benzene rings is 2. The van der Waals surface area contributed by atoms with E-state index >= 15 is 0 Å². The minimum absolute atomic E-state index is 1.07. The lowest BCUT2D eigenvalue weighted by Crippen LogP contribution is -2.14. The van der Waals surface area contributed by atoms with Gasteiger partial charge in [0.2, 0.25) is 0 Å². The van der Waals surface area contributed by atoms with Crippen LogP contribution in [-0.4, -0.2) is 7.28 Å². The first-order valence-electron chi connectivity index (χ1n) is 5.64. The molecule has 0 spiro atoms. The summed E-state index contributed by atoms with van der Waals surface area (Å²) in [5.74, 6) is 0. The Labute approximate surface area is 96.5 Å². The molecule has 2 aromatic carbocycles. The van der Waals surface area contributed by atoms with Crippen molar-refractivity contribution in [2.45, 2.75) is 6.92 Å². The minimum Gasteiger partial charge on any atom is -0.0985 e. The molecule has 0 atom stereocenters. The predicted octanol–water partition coefficient (Wildman–Crippen LogP) is 2.83. The summed E-state index contributed by atoms with van der Waals surface area (Å²) in [5, 5.41) is 2.72. The molecule has 0 aromatic heterocycles. The maximum Gasteiger partial charge on any atom is 0.189 e. The van der Waals surface area contributed by atoms with Crippen LogP contribution in [0.25, 0.3) is 16.3 Å². The van der Waals surface area contributed by atoms with Crippen molar-refractivity contribution in [3.8, 4) is 0 Å². The van der Waals surface area contributed by atoms with Crippen LogP contribution >= 0.6 is 0 Å². The van der Waals surface area contributed by atoms with Gasteiger partial charge in [-0.15, -0.1) is 0 Å². The largest absolute Gasteiger partial charge is 0.189 e. The number of fused-ring (bicyclic) bond motifs is 3. The molecule has 0 fully saturated rings. The fourth-order valence-corrected chi connectivity index (χ4v) is 2.65. The highest BCUT2D eigenvalue weighted by molar-refractivity contribution is 6.69. The maximum atomic E-state index is 3.91. The molecule has 0 amide bonds. The quantitative estimate of drug-likeness (QED) is 0.626. The van der Waals surface area contributed by atoms with E-state index in [1.54, 1.807) is 0 Å². The van der Waals surface area contributed by atoms with Gasteiger partial charge in [-0.1, -0.05) is 66.9 Å². The van der Waals surface area contributed by atoms with Crippen molar-refractivity contribution in [1.82, 2.24) is 0 Å². The Morgan fingerprint density at radius 1 is 1.12 bits per heavy atom. The van der Waals surface area contributed by atoms with Gasteiger partial charge in [0.1, 0.15) is 0 Å². The second kappa shape index (κ2) is 3.38. The normalized spacial score (nSPS) is 13.8. The average molecular weight is 204 g/mol. The van der Waals surface area contributed by atoms with Crippen LogP contribution in [0.2, 0.25) is 0 Å². The van der Waals surface area contributed by atoms with Gasteiger partial charge < -0.3 is 0 Å². The molecule has 16 heavy (non-hydrogen) atoms. The minimum atomic E-state index is 1.07. The molecule has 0 bridgehead atoms. The Morgan fingerprint density at radius 3 is 2.75 bits per heavy atom. The topological polar surface area (TPSA) is 0 Å². The summed E-state index contributed by atoms with van der Waals surface area (Å²) in [6.07, 6.45) is 1.98. The van der Waals surface area contributed by atoms with E-state index in [-0.39, 0.29) is 0 Å². The van der Waals surface area contributed by atoms with Crippen molar-refractivity contribution in [1.29, 1.82) is 0 Å². The molecule has 76 valence electrons. The zero-order valence-electron chi connectivity index (χ0n) is 9.46. The molecule has 2 aromatic rings. The Bertz CT molecular complexity index is 620. The van der Waals surface area contributed by atoms with Crippen LogP contribution in [0.3, 0.4) is 0 Å². The van der Waals surface area contributed by atoms with Gasteiger partial charge in [-0.05, 0) is 21.9 Å². The summed E-state index contributed by atoms with van der Waals surface area (Å²) in [6.45, 7) is 6.11. The molecule has 0 saturated carbocycles. The van der Waals surface area contributed by atoms with Crippen LogP contribution in [0.5, 0.6) is 0 Å². The number of rotatable bonds is 1. The van der Waals surface area contributed by atoms with Crippen LogP contribution in [0.4, 0.5) is 0 Å². The number of hydrogen-bond donors (Lipinski definition) is 0. The molecular weight excluding hydrogens is 191 g/mol. The summed E-state index contributed by atoms with van der Waals surface area (Å²) < 4.78 is 0. The van der Waals surface area contributed by atoms with Gasteiger partial charge in [0, 0.05) is 0 Å². The fraction of sp³-hybridized carbons (Fsp3) is 0.0667. The molecule has 0 aliphatic carbocycles. The van der Waals surface area contributed by atoms with Crippen LogP contribution in [0.1, 0.15) is 12.5 Å². The first kappa shape index (κ1) is 9.47. The third-order valence-corrected chi connectivity index (χ3v) is 3.44. The van der Waals surface area contributed by atoms with Crippen molar-refractivity contribution in [3.63, 3.8) is 0 Å². The Kier molecular flexibility index (Phi) is 2.00. The van der Waals surface area contributed by atoms with E-state index in [4.69, 9.17) is 0 Å². The average Bonchev–Trinajstić information content (AvgIpc) is 2.65. The molecule has 0 N–H and O–H groups in total. The summed E-state index contributed by atoms with van der Waals surface area (Å²) in [5.41, 5.74) is 5.58. The van der Waals surface area contributed by atoms with Gasteiger partial charge in [-0.25, -0.2) is 0 Å². The van der Waals surface area contributed by atoms with Crippen molar-refractivity contribution in [3.05, 3.63) is 60.1 Å². The second-order valence-corrected chi connectivity index (χ2v) is 4.39. The summed E-state index contributed by atoms with van der Waals surface area (Å²) in [6, 6.07) is 13.0. The van der Waals surface area contributed by atoms with Gasteiger partial charge in [0.25, 0.3) is 0 Å². The Morgan fingerprint density at radius 2 is 1.94 bits per heavy atom. The van der Waals surface area contributed by atoms with E-state index in [9.17, 15) is 0 Å². The highest BCUT2D eigenvalue weighted by atomic mass is 14.1. The third kappa shape index (κ3) is 1.18. The Balaban J connectivity index is 2.35. The SMILES string of the molecule is C=CC1=C(C)Bc2c1ccc1ccccc21. The third-order valence-electron chi connectivity index (χ3n) is 3.44. The van der Waals surface area contributed by atoms with E-state index in [0.29, 0.717) is 0 Å². The molecular formula is C15H13B. The van der Waals surface area contributed by atoms with E-state index in [2.05, 4.69) is 49.9 Å². The molecule has 1 aliphatic heterocycles. The lowest BCUT2D eigenvalue weighted by atomic mass is 9.66. The summed E-state index contributed by atoms with van der Waals surface area (Å²) >= 11 is 0. The lowest BCUT2D eigenvalue weighted by Gasteiger charge is -2.06. The first-order valence-corrected chi connectivity index (χ1v) is 5.64. The van der Waals surface area contributed by atoms with Crippen LogP contribution in [0, 0.1) is 0 Å². The van der Waals surface area contributed by atoms with Gasteiger partial charge in [-0.3, -0.25) is 0 Å². The molecule has 0 radical (unpaired) electrons. The van der Waals surface area contributed by atoms with Crippen LogP contribution in [0.15, 0.2) is 54.5 Å². The molecule has 0 saturated heterocycles. The van der Waals surface area contributed by atoms with Crippen molar-refractivity contribution < 1.29 is 0 Å². The van der Waals surface area contributed by atoms with Gasteiger partial charge in [0.05, 0.1) is 0 Å². The number of hydrogen-bond acceptors (Lipinski definition) is 0. The second-order valence-electron chi connectivity index (χ2n) is 4.39. The molecule has 1 heteroatoms. The summed E-state index contributed by atoms with van der Waals surface area (Å²) in [7, 11) is 1.07.